The number of hydrogen-bond donors (Lipinski definition) is 2. The molecule has 0 unspecified atom stereocenters. The second kappa shape index (κ2) is 6.85. The molecule has 0 aliphatic rings. The number of benzene rings is 2. The maximum atomic E-state index is 13.6. The lowest BCUT2D eigenvalue weighted by Crippen LogP contribution is -2.22. The minimum absolute atomic E-state index is 0.0269. The normalized spacial score (nSPS) is 10.2. The van der Waals surface area contributed by atoms with Crippen LogP contribution in [0.1, 0.15) is 0 Å². The minimum Gasteiger partial charge on any atom is -0.373 e. The van der Waals surface area contributed by atoms with Gasteiger partial charge in [0.15, 0.2) is 0 Å². The first kappa shape index (κ1) is 15.0. The van der Waals surface area contributed by atoms with Crippen molar-refractivity contribution in [1.29, 1.82) is 0 Å². The maximum Gasteiger partial charge on any atom is 0.243 e. The number of amides is 1. The van der Waals surface area contributed by atoms with Crippen LogP contribution in [0.5, 0.6) is 0 Å². The van der Waals surface area contributed by atoms with E-state index in [2.05, 4.69) is 42.5 Å². The van der Waals surface area contributed by atoms with E-state index in [1.165, 1.54) is 6.07 Å². The Morgan fingerprint density at radius 1 is 1.05 bits per heavy atom. The molecule has 0 fully saturated rings. The number of hydrogen-bond acceptors (Lipinski definition) is 2. The quantitative estimate of drug-likeness (QED) is 0.797. The molecule has 6 heteroatoms. The zero-order valence-corrected chi connectivity index (χ0v) is 13.5. The van der Waals surface area contributed by atoms with Gasteiger partial charge in [0.1, 0.15) is 5.82 Å². The van der Waals surface area contributed by atoms with Crippen LogP contribution in [-0.2, 0) is 4.79 Å². The number of carbonyl (C=O) groups is 1. The Balaban J connectivity index is 1.98. The number of nitrogens with one attached hydrogen (secondary N) is 2. The van der Waals surface area contributed by atoms with Crippen LogP contribution in [0.3, 0.4) is 0 Å². The minimum atomic E-state index is -0.409. The second-order valence-corrected chi connectivity index (χ2v) is 5.69. The first-order chi connectivity index (χ1) is 9.58. The number of carbonyl (C=O) groups excluding carboxylic acids is 1. The van der Waals surface area contributed by atoms with Crippen LogP contribution in [0.15, 0.2) is 51.4 Å². The molecule has 0 aliphatic heterocycles. The fourth-order valence-electron chi connectivity index (χ4n) is 1.59. The third-order valence-corrected chi connectivity index (χ3v) is 3.89. The highest BCUT2D eigenvalue weighted by molar-refractivity contribution is 9.11. The van der Waals surface area contributed by atoms with Gasteiger partial charge in [0.2, 0.25) is 5.91 Å². The second-order valence-electron chi connectivity index (χ2n) is 3.98. The summed E-state index contributed by atoms with van der Waals surface area (Å²) in [6.07, 6.45) is 0. The monoisotopic (exact) mass is 400 g/mol. The van der Waals surface area contributed by atoms with Gasteiger partial charge in [-0.3, -0.25) is 4.79 Å². The van der Waals surface area contributed by atoms with E-state index >= 15 is 0 Å². The van der Waals surface area contributed by atoms with Crippen LogP contribution in [0, 0.1) is 5.82 Å². The molecule has 0 saturated carbocycles. The molecule has 3 nitrogen and oxygen atoms in total. The summed E-state index contributed by atoms with van der Waals surface area (Å²) in [6, 6.07) is 11.9. The molecule has 0 saturated heterocycles. The highest BCUT2D eigenvalue weighted by Crippen LogP contribution is 2.25. The van der Waals surface area contributed by atoms with Crippen molar-refractivity contribution in [2.75, 3.05) is 17.2 Å². The van der Waals surface area contributed by atoms with Gasteiger partial charge in [0.25, 0.3) is 0 Å². The van der Waals surface area contributed by atoms with Crippen molar-refractivity contribution in [2.45, 2.75) is 0 Å². The average molecular weight is 402 g/mol. The third-order valence-electron chi connectivity index (χ3n) is 2.54. The zero-order valence-electron chi connectivity index (χ0n) is 10.3. The predicted molar refractivity (Wildman–Crippen MR) is 85.4 cm³/mol. The Morgan fingerprint density at radius 3 is 2.45 bits per heavy atom. The topological polar surface area (TPSA) is 41.1 Å². The standard InChI is InChI=1S/C14H11Br2FN2O/c15-9-4-1-2-7-12(9)19-13(20)8-18-14-10(16)5-3-6-11(14)17/h1-7,18H,8H2,(H,19,20). The fourth-order valence-corrected chi connectivity index (χ4v) is 2.46. The molecule has 2 rings (SSSR count). The molecule has 104 valence electrons. The number of anilines is 2. The molecule has 0 aliphatic carbocycles. The molecule has 2 aromatic rings. The van der Waals surface area contributed by atoms with Crippen LogP contribution >= 0.6 is 31.9 Å². The molecule has 1 amide bonds. The molecule has 0 bridgehead atoms. The maximum absolute atomic E-state index is 13.6. The van der Waals surface area contributed by atoms with Crippen molar-refractivity contribution in [1.82, 2.24) is 0 Å². The molecule has 2 aromatic carbocycles. The zero-order chi connectivity index (χ0) is 14.5. The highest BCUT2D eigenvalue weighted by Gasteiger charge is 2.09. The molecule has 0 heterocycles. The third kappa shape index (κ3) is 3.80. The fraction of sp³-hybridized carbons (Fsp3) is 0.0714. The lowest BCUT2D eigenvalue weighted by molar-refractivity contribution is -0.114. The van der Waals surface area contributed by atoms with Gasteiger partial charge < -0.3 is 10.6 Å². The summed E-state index contributed by atoms with van der Waals surface area (Å²) < 4.78 is 14.9. The molecule has 0 spiro atoms. The molecule has 2 N–H and O–H groups in total. The molecular weight excluding hydrogens is 391 g/mol. The molecular formula is C14H11Br2FN2O. The van der Waals surface area contributed by atoms with Crippen molar-refractivity contribution in [3.63, 3.8) is 0 Å². The number of halogens is 3. The van der Waals surface area contributed by atoms with Crippen LogP contribution < -0.4 is 10.6 Å². The molecule has 0 aromatic heterocycles. The van der Waals surface area contributed by atoms with Crippen molar-refractivity contribution >= 4 is 49.1 Å². The number of para-hydroxylation sites is 2. The van der Waals surface area contributed by atoms with E-state index in [0.29, 0.717) is 10.2 Å². The highest BCUT2D eigenvalue weighted by atomic mass is 79.9. The van der Waals surface area contributed by atoms with Gasteiger partial charge in [0, 0.05) is 8.95 Å². The van der Waals surface area contributed by atoms with Crippen molar-refractivity contribution in [3.8, 4) is 0 Å². The van der Waals surface area contributed by atoms with E-state index in [4.69, 9.17) is 0 Å². The first-order valence-electron chi connectivity index (χ1n) is 5.80. The SMILES string of the molecule is O=C(CNc1c(F)cccc1Br)Nc1ccccc1Br. The van der Waals surface area contributed by atoms with E-state index in [1.807, 2.05) is 18.2 Å². The van der Waals surface area contributed by atoms with E-state index < -0.39 is 5.82 Å². The van der Waals surface area contributed by atoms with Gasteiger partial charge in [-0.05, 0) is 56.1 Å². The average Bonchev–Trinajstić information content (AvgIpc) is 2.41. The Kier molecular flexibility index (Phi) is 5.14. The van der Waals surface area contributed by atoms with Gasteiger partial charge in [-0.25, -0.2) is 4.39 Å². The predicted octanol–water partition coefficient (Wildman–Crippen LogP) is 4.40. The van der Waals surface area contributed by atoms with Crippen LogP contribution in [0.25, 0.3) is 0 Å². The Labute approximate surface area is 132 Å². The van der Waals surface area contributed by atoms with Crippen molar-refractivity contribution < 1.29 is 9.18 Å². The summed E-state index contributed by atoms with van der Waals surface area (Å²) in [7, 11) is 0. The van der Waals surface area contributed by atoms with Gasteiger partial charge in [-0.1, -0.05) is 18.2 Å². The van der Waals surface area contributed by atoms with Crippen LogP contribution in [0.2, 0.25) is 0 Å². The summed E-state index contributed by atoms with van der Waals surface area (Å²) in [5, 5.41) is 5.50. The van der Waals surface area contributed by atoms with Crippen molar-refractivity contribution in [2.24, 2.45) is 0 Å². The lowest BCUT2D eigenvalue weighted by Gasteiger charge is -2.10. The summed E-state index contributed by atoms with van der Waals surface area (Å²) in [5.74, 6) is -0.667. The summed E-state index contributed by atoms with van der Waals surface area (Å²) >= 11 is 6.58. The summed E-state index contributed by atoms with van der Waals surface area (Å²) in [6.45, 7) is -0.0269. The Bertz CT molecular complexity index is 614. The first-order valence-corrected chi connectivity index (χ1v) is 7.39. The van der Waals surface area contributed by atoms with Gasteiger partial charge >= 0.3 is 0 Å². The largest absolute Gasteiger partial charge is 0.373 e. The van der Waals surface area contributed by atoms with Gasteiger partial charge in [-0.2, -0.15) is 0 Å². The van der Waals surface area contributed by atoms with E-state index in [0.717, 1.165) is 4.47 Å². The van der Waals surface area contributed by atoms with Crippen LogP contribution in [0.4, 0.5) is 15.8 Å². The van der Waals surface area contributed by atoms with Crippen molar-refractivity contribution in [3.05, 3.63) is 57.2 Å². The van der Waals surface area contributed by atoms with E-state index in [-0.39, 0.29) is 18.1 Å². The summed E-state index contributed by atoms with van der Waals surface area (Å²) in [4.78, 5) is 11.8. The van der Waals surface area contributed by atoms with Crippen LogP contribution in [-0.4, -0.2) is 12.5 Å². The summed E-state index contributed by atoms with van der Waals surface area (Å²) in [5.41, 5.74) is 0.946. The molecule has 0 atom stereocenters. The smallest absolute Gasteiger partial charge is 0.243 e. The molecule has 0 radical (unpaired) electrons. The lowest BCUT2D eigenvalue weighted by atomic mass is 10.3. The van der Waals surface area contributed by atoms with E-state index in [1.54, 1.807) is 18.2 Å². The number of rotatable bonds is 4. The Morgan fingerprint density at radius 2 is 1.75 bits per heavy atom. The van der Waals surface area contributed by atoms with E-state index in [9.17, 15) is 9.18 Å². The molecule has 20 heavy (non-hydrogen) atoms. The van der Waals surface area contributed by atoms with Gasteiger partial charge in [0.05, 0.1) is 17.9 Å². The Hall–Kier alpha value is -1.40. The van der Waals surface area contributed by atoms with Gasteiger partial charge in [-0.15, -0.1) is 0 Å².